The minimum absolute atomic E-state index is 0.0867. The monoisotopic (exact) mass is 534 g/mol. The molecule has 39 heavy (non-hydrogen) atoms. The van der Waals surface area contributed by atoms with Crippen molar-refractivity contribution in [3.05, 3.63) is 23.3 Å². The van der Waals surface area contributed by atoms with Crippen LogP contribution in [0.2, 0.25) is 0 Å². The zero-order chi connectivity index (χ0) is 27.0. The van der Waals surface area contributed by atoms with Crippen LogP contribution in [-0.4, -0.2) is 94.3 Å². The zero-order valence-electron chi connectivity index (χ0n) is 22.0. The van der Waals surface area contributed by atoms with E-state index in [1.165, 1.54) is 9.80 Å². The molecule has 10 nitrogen and oxygen atoms in total. The summed E-state index contributed by atoms with van der Waals surface area (Å²) >= 11 is 0. The Hall–Kier alpha value is -3.30. The summed E-state index contributed by atoms with van der Waals surface area (Å²) in [5, 5.41) is 0. The second-order valence-corrected chi connectivity index (χ2v) is 12.3. The molecular formula is C29H34N4O6. The third kappa shape index (κ3) is 3.73. The van der Waals surface area contributed by atoms with E-state index >= 15 is 0 Å². The van der Waals surface area contributed by atoms with E-state index in [-0.39, 0.29) is 72.0 Å². The Morgan fingerprint density at radius 2 is 0.974 bits per heavy atom. The lowest BCUT2D eigenvalue weighted by atomic mass is 9.74. The molecule has 2 aliphatic carbocycles. The van der Waals surface area contributed by atoms with Crippen molar-refractivity contribution in [2.24, 2.45) is 35.5 Å². The molecule has 5 fully saturated rings. The second kappa shape index (κ2) is 9.13. The molecule has 0 aromatic rings. The summed E-state index contributed by atoms with van der Waals surface area (Å²) < 4.78 is 0. The molecule has 0 unspecified atom stereocenters. The summed E-state index contributed by atoms with van der Waals surface area (Å²) in [6.45, 7) is 2.43. The maximum atomic E-state index is 13.4. The van der Waals surface area contributed by atoms with Crippen molar-refractivity contribution in [2.45, 2.75) is 44.9 Å². The second-order valence-electron chi connectivity index (χ2n) is 12.3. The number of rotatable bonds is 0. The van der Waals surface area contributed by atoms with E-state index in [0.29, 0.717) is 71.4 Å². The quantitative estimate of drug-likeness (QED) is 0.334. The molecule has 7 aliphatic rings. The number of hydrogen-bond acceptors (Lipinski definition) is 6. The Morgan fingerprint density at radius 1 is 0.538 bits per heavy atom. The van der Waals surface area contributed by atoms with Gasteiger partial charge < -0.3 is 9.80 Å². The van der Waals surface area contributed by atoms with E-state index in [2.05, 4.69) is 0 Å². The van der Waals surface area contributed by atoms with E-state index < -0.39 is 11.8 Å². The van der Waals surface area contributed by atoms with Crippen molar-refractivity contribution < 1.29 is 28.8 Å². The van der Waals surface area contributed by atoms with Crippen molar-refractivity contribution in [2.75, 3.05) is 39.3 Å². The van der Waals surface area contributed by atoms with Gasteiger partial charge >= 0.3 is 0 Å². The van der Waals surface area contributed by atoms with Crippen molar-refractivity contribution in [1.82, 2.24) is 19.6 Å². The van der Waals surface area contributed by atoms with Gasteiger partial charge in [-0.3, -0.25) is 38.6 Å². The van der Waals surface area contributed by atoms with Crippen LogP contribution in [0.3, 0.4) is 0 Å². The van der Waals surface area contributed by atoms with Gasteiger partial charge in [-0.15, -0.1) is 0 Å². The maximum absolute atomic E-state index is 13.4. The summed E-state index contributed by atoms with van der Waals surface area (Å²) in [4.78, 5) is 85.7. The highest BCUT2D eigenvalue weighted by Gasteiger charge is 2.56. The van der Waals surface area contributed by atoms with Crippen LogP contribution < -0.4 is 0 Å². The summed E-state index contributed by atoms with van der Waals surface area (Å²) in [7, 11) is 0. The normalized spacial score (nSPS) is 36.8. The zero-order valence-corrected chi connectivity index (χ0v) is 22.0. The molecule has 0 spiro atoms. The minimum atomic E-state index is -0.423. The molecule has 6 amide bonds. The third-order valence-electron chi connectivity index (χ3n) is 10.3. The van der Waals surface area contributed by atoms with Gasteiger partial charge in [-0.25, -0.2) is 0 Å². The molecule has 6 atom stereocenters. The smallest absolute Gasteiger partial charge is 0.233 e. The number of nitrogens with zero attached hydrogens (tertiary/aromatic N) is 4. The molecule has 0 saturated carbocycles. The number of hydrogen-bond donors (Lipinski definition) is 0. The van der Waals surface area contributed by atoms with E-state index in [1.807, 2.05) is 12.2 Å². The summed E-state index contributed by atoms with van der Waals surface area (Å²) in [6.07, 6.45) is 7.24. The van der Waals surface area contributed by atoms with Crippen LogP contribution in [0.4, 0.5) is 0 Å². The van der Waals surface area contributed by atoms with Gasteiger partial charge in [-0.1, -0.05) is 12.2 Å². The average molecular weight is 535 g/mol. The highest BCUT2D eigenvalue weighted by atomic mass is 16.2. The van der Waals surface area contributed by atoms with Gasteiger partial charge in [0.15, 0.2) is 0 Å². The van der Waals surface area contributed by atoms with Gasteiger partial charge in [0.05, 0.1) is 23.7 Å². The minimum Gasteiger partial charge on any atom is -0.338 e. The van der Waals surface area contributed by atoms with Crippen LogP contribution in [0.5, 0.6) is 0 Å². The van der Waals surface area contributed by atoms with Crippen molar-refractivity contribution in [3.63, 3.8) is 0 Å². The number of imide groups is 2. The van der Waals surface area contributed by atoms with Crippen LogP contribution in [0, 0.1) is 35.5 Å². The van der Waals surface area contributed by atoms with E-state index in [1.54, 1.807) is 9.80 Å². The highest BCUT2D eigenvalue weighted by Crippen LogP contribution is 2.46. The molecule has 0 aromatic carbocycles. The fourth-order valence-corrected chi connectivity index (χ4v) is 8.29. The topological polar surface area (TPSA) is 115 Å². The van der Waals surface area contributed by atoms with E-state index in [4.69, 9.17) is 0 Å². The van der Waals surface area contributed by atoms with Gasteiger partial charge in [0, 0.05) is 63.9 Å². The first-order chi connectivity index (χ1) is 18.8. The molecule has 5 heterocycles. The highest BCUT2D eigenvalue weighted by molar-refractivity contribution is 6.06. The molecule has 5 saturated heterocycles. The van der Waals surface area contributed by atoms with Crippen LogP contribution >= 0.6 is 0 Å². The maximum Gasteiger partial charge on any atom is 0.233 e. The predicted molar refractivity (Wildman–Crippen MR) is 136 cm³/mol. The standard InChI is InChI=1S/C29H34N4O6/c34-22-8-9-23(35)31-13-17-5-7-19-25(21(17)15-31)29(39)33(27(19)37)11-3-1-2-10-32-26(36)18-6-4-16-12-30(22)14-20(16)24(18)28(32)38/h4-5,18-21,24-25H,1-3,6-15H2/t18-,19+,20-,21-,24-,25+/m0/s1. The number of carbonyl (C=O) groups excluding carboxylic acids is 6. The van der Waals surface area contributed by atoms with Crippen molar-refractivity contribution >= 4 is 35.4 Å². The first-order valence-corrected chi connectivity index (χ1v) is 14.5. The van der Waals surface area contributed by atoms with Crippen LogP contribution in [0.25, 0.3) is 0 Å². The van der Waals surface area contributed by atoms with Crippen molar-refractivity contribution in [1.29, 1.82) is 0 Å². The molecule has 206 valence electrons. The summed E-state index contributed by atoms with van der Waals surface area (Å²) in [5.74, 6) is -2.62. The lowest BCUT2D eigenvalue weighted by Gasteiger charge is -2.26. The first kappa shape index (κ1) is 24.7. The largest absolute Gasteiger partial charge is 0.338 e. The van der Waals surface area contributed by atoms with Gasteiger partial charge in [0.2, 0.25) is 35.4 Å². The Bertz CT molecular complexity index is 1160. The molecule has 5 aliphatic heterocycles. The fraction of sp³-hybridized carbons (Fsp3) is 0.655. The molecule has 8 bridgehead atoms. The molecule has 0 N–H and O–H groups in total. The number of fused-ring (bicyclic) bond motifs is 4. The van der Waals surface area contributed by atoms with Crippen LogP contribution in [0.15, 0.2) is 23.3 Å². The lowest BCUT2D eigenvalue weighted by Crippen LogP contribution is -2.36. The SMILES string of the molecule is O=C1CCC(=O)N2CC3=CC[C@@H]4C(=O)N(CCCCCN5C(=O)[C@@H]6[C@@H](CC=C7CN1C[C@@H]76)C5=O)C(=O)[C@@H]4[C@H]3C2. The van der Waals surface area contributed by atoms with E-state index in [9.17, 15) is 28.8 Å². The Morgan fingerprint density at radius 3 is 1.41 bits per heavy atom. The molecule has 0 aromatic heterocycles. The van der Waals surface area contributed by atoms with Crippen molar-refractivity contribution in [3.8, 4) is 0 Å². The number of carbonyl (C=O) groups is 6. The lowest BCUT2D eigenvalue weighted by molar-refractivity contribution is -0.141. The molecule has 7 rings (SSSR count). The number of amides is 6. The van der Waals surface area contributed by atoms with Gasteiger partial charge in [-0.05, 0) is 43.3 Å². The van der Waals surface area contributed by atoms with Crippen LogP contribution in [-0.2, 0) is 28.8 Å². The van der Waals surface area contributed by atoms with Gasteiger partial charge in [0.1, 0.15) is 0 Å². The first-order valence-electron chi connectivity index (χ1n) is 14.5. The molecule has 0 radical (unpaired) electrons. The van der Waals surface area contributed by atoms with Crippen LogP contribution in [0.1, 0.15) is 44.9 Å². The third-order valence-corrected chi connectivity index (χ3v) is 10.3. The fourth-order valence-electron chi connectivity index (χ4n) is 8.29. The Balaban J connectivity index is 1.13. The average Bonchev–Trinajstić information content (AvgIpc) is 3.66. The summed E-state index contributed by atoms with van der Waals surface area (Å²) in [6, 6.07) is 0. The predicted octanol–water partition coefficient (Wildman–Crippen LogP) is 0.730. The molecule has 10 heteroatoms. The Kier molecular flexibility index (Phi) is 5.79. The van der Waals surface area contributed by atoms with Gasteiger partial charge in [0.25, 0.3) is 0 Å². The molecular weight excluding hydrogens is 500 g/mol. The van der Waals surface area contributed by atoms with E-state index in [0.717, 1.165) is 11.1 Å². The summed E-state index contributed by atoms with van der Waals surface area (Å²) in [5.41, 5.74) is 2.12. The van der Waals surface area contributed by atoms with Gasteiger partial charge in [-0.2, -0.15) is 0 Å². The Labute approximate surface area is 227 Å². The number of allylic oxidation sites excluding steroid dienone is 2.